The fourth-order valence-corrected chi connectivity index (χ4v) is 4.33. The van der Waals surface area contributed by atoms with E-state index >= 15 is 0 Å². The molecule has 9 heteroatoms. The van der Waals surface area contributed by atoms with Gasteiger partial charge in [-0.15, -0.1) is 0 Å². The standard InChI is InChI=1S/C29H28N8O/c30-12-13-32-27-24-19-25(33-28(24)35-26(34-27)23-6-2-1-3-7-23)29(38)37-17-15-36(16-18-37)14-4-5-21-8-10-22(20-31)11-9-21/h1-3,6-11,19H,12-18,30H2,(H2,32,33,34,35). The SMILES string of the molecule is N#Cc1ccc(C#CCN2CCN(C(=O)c3cc4c(NCCN)nc(-c5ccccc5)nc4[nH]3)CC2)cc1. The number of nitriles is 1. The van der Waals surface area contributed by atoms with E-state index in [1.165, 1.54) is 0 Å². The second-order valence-electron chi connectivity index (χ2n) is 8.98. The Kier molecular flexibility index (Phi) is 7.60. The summed E-state index contributed by atoms with van der Waals surface area (Å²) in [6.07, 6.45) is 0. The third kappa shape index (κ3) is 5.65. The molecule has 0 unspecified atom stereocenters. The van der Waals surface area contributed by atoms with Crippen molar-refractivity contribution in [3.63, 3.8) is 0 Å². The van der Waals surface area contributed by atoms with E-state index in [1.54, 1.807) is 12.1 Å². The zero-order chi connectivity index (χ0) is 26.3. The van der Waals surface area contributed by atoms with Gasteiger partial charge in [0.05, 0.1) is 23.6 Å². The molecule has 2 aromatic heterocycles. The molecule has 1 saturated heterocycles. The summed E-state index contributed by atoms with van der Waals surface area (Å²) < 4.78 is 0. The van der Waals surface area contributed by atoms with Crippen molar-refractivity contribution in [2.75, 3.05) is 51.1 Å². The van der Waals surface area contributed by atoms with Gasteiger partial charge >= 0.3 is 0 Å². The number of amides is 1. The lowest BCUT2D eigenvalue weighted by Gasteiger charge is -2.33. The predicted octanol–water partition coefficient (Wildman–Crippen LogP) is 2.68. The van der Waals surface area contributed by atoms with Crippen molar-refractivity contribution in [1.82, 2.24) is 24.8 Å². The van der Waals surface area contributed by atoms with Crippen LogP contribution in [-0.4, -0.2) is 76.5 Å². The van der Waals surface area contributed by atoms with Crippen LogP contribution in [-0.2, 0) is 0 Å². The monoisotopic (exact) mass is 504 g/mol. The Balaban J connectivity index is 1.26. The molecular formula is C29H28N8O. The normalized spacial score (nSPS) is 13.5. The molecule has 1 aliphatic rings. The fraction of sp³-hybridized carbons (Fsp3) is 0.241. The summed E-state index contributed by atoms with van der Waals surface area (Å²) in [6, 6.07) is 20.9. The number of hydrogen-bond acceptors (Lipinski definition) is 7. The highest BCUT2D eigenvalue weighted by Gasteiger charge is 2.24. The lowest BCUT2D eigenvalue weighted by molar-refractivity contribution is 0.0647. The highest BCUT2D eigenvalue weighted by molar-refractivity contribution is 6.00. The number of nitrogens with two attached hydrogens (primary N) is 1. The van der Waals surface area contributed by atoms with E-state index in [0.29, 0.717) is 61.3 Å². The van der Waals surface area contributed by atoms with Gasteiger partial charge in [0.15, 0.2) is 5.82 Å². The predicted molar refractivity (Wildman–Crippen MR) is 147 cm³/mol. The molecule has 2 aromatic carbocycles. The first-order chi connectivity index (χ1) is 18.6. The first-order valence-electron chi connectivity index (χ1n) is 12.6. The molecule has 1 aliphatic heterocycles. The van der Waals surface area contributed by atoms with Gasteiger partial charge in [-0.05, 0) is 30.3 Å². The van der Waals surface area contributed by atoms with E-state index in [0.717, 1.165) is 29.6 Å². The van der Waals surface area contributed by atoms with Crippen LogP contribution in [0.2, 0.25) is 0 Å². The van der Waals surface area contributed by atoms with Gasteiger partial charge in [-0.3, -0.25) is 9.69 Å². The average molecular weight is 505 g/mol. The summed E-state index contributed by atoms with van der Waals surface area (Å²) >= 11 is 0. The topological polar surface area (TPSA) is 127 Å². The summed E-state index contributed by atoms with van der Waals surface area (Å²) in [5.74, 6) is 7.51. The molecule has 0 aliphatic carbocycles. The summed E-state index contributed by atoms with van der Waals surface area (Å²) in [7, 11) is 0. The molecule has 0 radical (unpaired) electrons. The Hall–Kier alpha value is -4.70. The molecule has 0 saturated carbocycles. The number of nitrogens with one attached hydrogen (secondary N) is 2. The average Bonchev–Trinajstić information content (AvgIpc) is 3.41. The molecule has 0 bridgehead atoms. The van der Waals surface area contributed by atoms with Crippen molar-refractivity contribution in [3.8, 4) is 29.3 Å². The summed E-state index contributed by atoms with van der Waals surface area (Å²) in [6.45, 7) is 4.38. The van der Waals surface area contributed by atoms with E-state index in [1.807, 2.05) is 53.4 Å². The fourth-order valence-electron chi connectivity index (χ4n) is 4.33. The Morgan fingerprint density at radius 3 is 2.47 bits per heavy atom. The minimum Gasteiger partial charge on any atom is -0.368 e. The lowest BCUT2D eigenvalue weighted by Crippen LogP contribution is -2.48. The minimum absolute atomic E-state index is 0.0580. The molecular weight excluding hydrogens is 476 g/mol. The van der Waals surface area contributed by atoms with Crippen molar-refractivity contribution in [2.24, 2.45) is 5.73 Å². The number of benzene rings is 2. The van der Waals surface area contributed by atoms with Crippen LogP contribution in [0.15, 0.2) is 60.7 Å². The largest absolute Gasteiger partial charge is 0.368 e. The number of anilines is 1. The van der Waals surface area contributed by atoms with E-state index < -0.39 is 0 Å². The van der Waals surface area contributed by atoms with Crippen LogP contribution in [0.25, 0.3) is 22.4 Å². The molecule has 38 heavy (non-hydrogen) atoms. The third-order valence-electron chi connectivity index (χ3n) is 6.40. The number of piperazine rings is 1. The van der Waals surface area contributed by atoms with Gasteiger partial charge in [-0.1, -0.05) is 42.2 Å². The molecule has 0 atom stereocenters. The van der Waals surface area contributed by atoms with E-state index in [2.05, 4.69) is 33.1 Å². The van der Waals surface area contributed by atoms with Crippen LogP contribution in [0.1, 0.15) is 21.6 Å². The lowest BCUT2D eigenvalue weighted by atomic mass is 10.1. The summed E-state index contributed by atoms with van der Waals surface area (Å²) in [4.78, 5) is 30.1. The Bertz CT molecular complexity index is 1520. The molecule has 1 amide bonds. The van der Waals surface area contributed by atoms with Gasteiger partial charge in [-0.25, -0.2) is 9.97 Å². The van der Waals surface area contributed by atoms with Crippen LogP contribution >= 0.6 is 0 Å². The first-order valence-corrected chi connectivity index (χ1v) is 12.6. The zero-order valence-electron chi connectivity index (χ0n) is 20.9. The summed E-state index contributed by atoms with van der Waals surface area (Å²) in [5, 5.41) is 12.9. The molecule has 0 spiro atoms. The first kappa shape index (κ1) is 25.0. The van der Waals surface area contributed by atoms with Gasteiger partial charge in [0.25, 0.3) is 5.91 Å². The minimum atomic E-state index is -0.0580. The van der Waals surface area contributed by atoms with Crippen molar-refractivity contribution < 1.29 is 4.79 Å². The number of H-pyrrole nitrogens is 1. The van der Waals surface area contributed by atoms with Crippen molar-refractivity contribution in [2.45, 2.75) is 0 Å². The van der Waals surface area contributed by atoms with Gasteiger partial charge in [-0.2, -0.15) is 5.26 Å². The van der Waals surface area contributed by atoms with Crippen LogP contribution in [0.4, 0.5) is 5.82 Å². The number of rotatable bonds is 6. The van der Waals surface area contributed by atoms with Crippen LogP contribution in [0.3, 0.4) is 0 Å². The van der Waals surface area contributed by atoms with Gasteiger partial charge in [0, 0.05) is 50.4 Å². The number of hydrogen-bond donors (Lipinski definition) is 3. The van der Waals surface area contributed by atoms with Crippen molar-refractivity contribution in [1.29, 1.82) is 5.26 Å². The van der Waals surface area contributed by atoms with Crippen molar-refractivity contribution >= 4 is 22.8 Å². The second kappa shape index (κ2) is 11.6. The van der Waals surface area contributed by atoms with E-state index in [-0.39, 0.29) is 5.91 Å². The highest BCUT2D eigenvalue weighted by Crippen LogP contribution is 2.26. The molecule has 1 fully saturated rings. The quantitative estimate of drug-likeness (QED) is 0.345. The third-order valence-corrected chi connectivity index (χ3v) is 6.40. The highest BCUT2D eigenvalue weighted by atomic mass is 16.2. The second-order valence-corrected chi connectivity index (χ2v) is 8.98. The zero-order valence-corrected chi connectivity index (χ0v) is 20.9. The Labute approximate surface area is 221 Å². The number of nitrogens with zero attached hydrogens (tertiary/aromatic N) is 5. The molecule has 9 nitrogen and oxygen atoms in total. The van der Waals surface area contributed by atoms with Gasteiger partial charge in [0.2, 0.25) is 0 Å². The van der Waals surface area contributed by atoms with Crippen LogP contribution in [0, 0.1) is 23.2 Å². The maximum absolute atomic E-state index is 13.3. The Morgan fingerprint density at radius 2 is 1.76 bits per heavy atom. The molecule has 5 rings (SSSR count). The van der Waals surface area contributed by atoms with E-state index in [9.17, 15) is 4.79 Å². The maximum Gasteiger partial charge on any atom is 0.270 e. The Morgan fingerprint density at radius 1 is 1.03 bits per heavy atom. The summed E-state index contributed by atoms with van der Waals surface area (Å²) in [5.41, 5.74) is 9.21. The molecule has 190 valence electrons. The number of carbonyl (C=O) groups excluding carboxylic acids is 1. The van der Waals surface area contributed by atoms with E-state index in [4.69, 9.17) is 21.0 Å². The number of aromatic nitrogens is 3. The molecule has 4 aromatic rings. The van der Waals surface area contributed by atoms with Crippen LogP contribution < -0.4 is 11.1 Å². The maximum atomic E-state index is 13.3. The number of fused-ring (bicyclic) bond motifs is 1. The smallest absolute Gasteiger partial charge is 0.270 e. The molecule has 3 heterocycles. The number of aromatic amines is 1. The number of carbonyl (C=O) groups is 1. The van der Waals surface area contributed by atoms with Gasteiger partial charge < -0.3 is 20.9 Å². The van der Waals surface area contributed by atoms with Crippen LogP contribution in [0.5, 0.6) is 0 Å². The van der Waals surface area contributed by atoms with Crippen molar-refractivity contribution in [3.05, 3.63) is 77.5 Å². The van der Waals surface area contributed by atoms with Gasteiger partial charge in [0.1, 0.15) is 17.2 Å². The molecule has 4 N–H and O–H groups in total.